The molecule has 0 radical (unpaired) electrons. The van der Waals surface area contributed by atoms with Gasteiger partial charge >= 0.3 is 0 Å². The molecular weight excluding hydrogens is 601 g/mol. The molecular formula is C44H24N4O. The fraction of sp³-hybridized carbons (Fsp3) is 0. The maximum absolute atomic E-state index is 8.31. The van der Waals surface area contributed by atoms with E-state index in [9.17, 15) is 0 Å². The number of fused-ring (bicyclic) bond motifs is 10. The number of para-hydroxylation sites is 5. The van der Waals surface area contributed by atoms with Gasteiger partial charge in [0.1, 0.15) is 11.2 Å². The first-order valence-corrected chi connectivity index (χ1v) is 16.1. The summed E-state index contributed by atoms with van der Waals surface area (Å²) in [6, 6.07) is 49.5. The number of hydrogen-bond donors (Lipinski definition) is 0. The van der Waals surface area contributed by atoms with Crippen LogP contribution >= 0.6 is 0 Å². The van der Waals surface area contributed by atoms with Crippen molar-refractivity contribution >= 4 is 76.9 Å². The number of aromatic nitrogens is 2. The van der Waals surface area contributed by atoms with Crippen LogP contribution in [0.1, 0.15) is 0 Å². The third kappa shape index (κ3) is 3.73. The average Bonchev–Trinajstić information content (AvgIpc) is 3.82. The molecule has 3 aromatic heterocycles. The topological polar surface area (TPSA) is 31.7 Å². The molecule has 0 aliphatic heterocycles. The first-order chi connectivity index (χ1) is 24.2. The molecule has 0 spiro atoms. The predicted octanol–water partition coefficient (Wildman–Crippen LogP) is 12.5. The number of nitrogens with zero attached hydrogens (tertiary/aromatic N) is 4. The minimum atomic E-state index is 0.551. The van der Waals surface area contributed by atoms with Crippen molar-refractivity contribution < 1.29 is 4.42 Å². The van der Waals surface area contributed by atoms with Crippen LogP contribution in [0.5, 0.6) is 0 Å². The summed E-state index contributed by atoms with van der Waals surface area (Å²) in [7, 11) is 0. The highest BCUT2D eigenvalue weighted by molar-refractivity contribution is 6.24. The lowest BCUT2D eigenvalue weighted by Crippen LogP contribution is -2.01. The van der Waals surface area contributed by atoms with Gasteiger partial charge in [0.15, 0.2) is 5.69 Å². The van der Waals surface area contributed by atoms with Crippen LogP contribution in [0.2, 0.25) is 0 Å². The molecule has 10 rings (SSSR count). The van der Waals surface area contributed by atoms with E-state index in [1.807, 2.05) is 54.6 Å². The van der Waals surface area contributed by atoms with E-state index in [-0.39, 0.29) is 0 Å². The van der Waals surface area contributed by atoms with E-state index in [1.54, 1.807) is 0 Å². The lowest BCUT2D eigenvalue weighted by molar-refractivity contribution is 0.673. The van der Waals surface area contributed by atoms with Gasteiger partial charge in [-0.3, -0.25) is 0 Å². The van der Waals surface area contributed by atoms with Crippen molar-refractivity contribution in [1.29, 1.82) is 0 Å². The Kier molecular flexibility index (Phi) is 5.64. The Morgan fingerprint density at radius 1 is 0.469 bits per heavy atom. The van der Waals surface area contributed by atoms with Crippen LogP contribution in [-0.4, -0.2) is 9.13 Å². The van der Waals surface area contributed by atoms with Gasteiger partial charge < -0.3 is 13.6 Å². The van der Waals surface area contributed by atoms with E-state index in [4.69, 9.17) is 17.6 Å². The van der Waals surface area contributed by atoms with Crippen LogP contribution < -0.4 is 0 Å². The van der Waals surface area contributed by atoms with Gasteiger partial charge in [0.05, 0.1) is 52.0 Å². The van der Waals surface area contributed by atoms with Gasteiger partial charge in [0.25, 0.3) is 0 Å². The highest BCUT2D eigenvalue weighted by Crippen LogP contribution is 2.45. The van der Waals surface area contributed by atoms with Gasteiger partial charge in [-0.1, -0.05) is 97.1 Å². The third-order valence-corrected chi connectivity index (χ3v) is 9.76. The van der Waals surface area contributed by atoms with E-state index in [0.717, 1.165) is 88.1 Å². The normalized spacial score (nSPS) is 11.6. The molecule has 0 aliphatic carbocycles. The van der Waals surface area contributed by atoms with E-state index < -0.39 is 0 Å². The quantitative estimate of drug-likeness (QED) is 0.180. The van der Waals surface area contributed by atoms with E-state index in [0.29, 0.717) is 11.4 Å². The number of furan rings is 1. The predicted molar refractivity (Wildman–Crippen MR) is 200 cm³/mol. The average molecular weight is 625 g/mol. The fourth-order valence-corrected chi connectivity index (χ4v) is 7.74. The lowest BCUT2D eigenvalue weighted by Gasteiger charge is -2.19. The highest BCUT2D eigenvalue weighted by Gasteiger charge is 2.23. The van der Waals surface area contributed by atoms with Crippen LogP contribution in [0.3, 0.4) is 0 Å². The molecule has 3 heterocycles. The van der Waals surface area contributed by atoms with E-state index in [1.165, 1.54) is 0 Å². The summed E-state index contributed by atoms with van der Waals surface area (Å²) in [6.07, 6.45) is 0. The molecule has 0 bridgehead atoms. The smallest absolute Gasteiger partial charge is 0.211 e. The molecule has 0 atom stereocenters. The van der Waals surface area contributed by atoms with Crippen LogP contribution in [0.15, 0.2) is 150 Å². The Hall–Kier alpha value is -7.08. The van der Waals surface area contributed by atoms with E-state index >= 15 is 0 Å². The SMILES string of the molecule is [C-]#[N+]c1ccc2c(c1)c1ccccc1n2-c1c([N+]#[C-])cccc1-c1ccccc1-n1c2ccccc2c2c3oc4ccccc4c3ccc21. The minimum absolute atomic E-state index is 0.551. The van der Waals surface area contributed by atoms with Gasteiger partial charge in [-0.15, -0.1) is 0 Å². The Morgan fingerprint density at radius 3 is 1.98 bits per heavy atom. The second-order valence-corrected chi connectivity index (χ2v) is 12.3. The zero-order valence-corrected chi connectivity index (χ0v) is 26.1. The molecule has 0 unspecified atom stereocenters. The Morgan fingerprint density at radius 2 is 1.14 bits per heavy atom. The van der Waals surface area contributed by atoms with Gasteiger partial charge in [0.2, 0.25) is 5.69 Å². The Bertz CT molecular complexity index is 3090. The van der Waals surface area contributed by atoms with Crippen molar-refractivity contribution in [2.75, 3.05) is 0 Å². The van der Waals surface area contributed by atoms with Gasteiger partial charge in [-0.2, -0.15) is 0 Å². The standard InChI is InChI=1S/C44H24N4O/c1-45-27-22-24-39-34(26-27)29-13-4-8-19-37(29)48(39)43-31(16-11-17-35(43)46-2)28-12-3-7-18-36(28)47-38-20-9-5-15-33(38)42-40(47)25-23-32-30-14-6-10-21-41(30)49-44(32)42/h3-26H. The van der Waals surface area contributed by atoms with Crippen molar-refractivity contribution in [3.05, 3.63) is 168 Å². The minimum Gasteiger partial charge on any atom is -0.455 e. The van der Waals surface area contributed by atoms with Crippen LogP contribution in [-0.2, 0) is 0 Å². The summed E-state index contributed by atoms with van der Waals surface area (Å²) in [5.74, 6) is 0. The van der Waals surface area contributed by atoms with Gasteiger partial charge in [-0.05, 0) is 59.5 Å². The first kappa shape index (κ1) is 27.1. The lowest BCUT2D eigenvalue weighted by atomic mass is 9.99. The summed E-state index contributed by atoms with van der Waals surface area (Å²) >= 11 is 0. The monoisotopic (exact) mass is 624 g/mol. The molecule has 226 valence electrons. The van der Waals surface area contributed by atoms with E-state index in [2.05, 4.69) is 110 Å². The van der Waals surface area contributed by atoms with Crippen molar-refractivity contribution in [1.82, 2.24) is 9.13 Å². The van der Waals surface area contributed by atoms with Crippen molar-refractivity contribution in [2.45, 2.75) is 0 Å². The first-order valence-electron chi connectivity index (χ1n) is 16.1. The van der Waals surface area contributed by atoms with Gasteiger partial charge in [0, 0.05) is 27.1 Å². The molecule has 49 heavy (non-hydrogen) atoms. The molecule has 0 saturated carbocycles. The molecule has 7 aromatic carbocycles. The summed E-state index contributed by atoms with van der Waals surface area (Å²) in [4.78, 5) is 7.78. The number of rotatable bonds is 3. The summed E-state index contributed by atoms with van der Waals surface area (Å²) in [6.45, 7) is 16.0. The second-order valence-electron chi connectivity index (χ2n) is 12.3. The molecule has 0 amide bonds. The maximum Gasteiger partial charge on any atom is 0.211 e. The molecule has 0 saturated heterocycles. The molecule has 5 nitrogen and oxygen atoms in total. The largest absolute Gasteiger partial charge is 0.455 e. The van der Waals surface area contributed by atoms with Crippen LogP contribution in [0.4, 0.5) is 11.4 Å². The fourth-order valence-electron chi connectivity index (χ4n) is 7.74. The van der Waals surface area contributed by atoms with Gasteiger partial charge in [-0.25, -0.2) is 9.69 Å². The maximum atomic E-state index is 8.31. The Balaban J connectivity index is 1.32. The molecule has 0 fully saturated rings. The van der Waals surface area contributed by atoms with Crippen molar-refractivity contribution in [3.63, 3.8) is 0 Å². The third-order valence-electron chi connectivity index (χ3n) is 9.76. The highest BCUT2D eigenvalue weighted by atomic mass is 16.3. The van der Waals surface area contributed by atoms with Crippen molar-refractivity contribution in [3.8, 4) is 22.5 Å². The molecule has 0 N–H and O–H groups in total. The summed E-state index contributed by atoms with van der Waals surface area (Å²) in [5.41, 5.74) is 10.7. The molecule has 10 aromatic rings. The number of hydrogen-bond acceptors (Lipinski definition) is 1. The van der Waals surface area contributed by atoms with Crippen LogP contribution in [0, 0.1) is 13.1 Å². The summed E-state index contributed by atoms with van der Waals surface area (Å²) < 4.78 is 11.1. The van der Waals surface area contributed by atoms with Crippen LogP contribution in [0.25, 0.3) is 97.7 Å². The zero-order valence-electron chi connectivity index (χ0n) is 26.1. The zero-order chi connectivity index (χ0) is 32.6. The molecule has 5 heteroatoms. The number of benzene rings is 7. The second kappa shape index (κ2) is 10.2. The summed E-state index contributed by atoms with van der Waals surface area (Å²) in [5, 5.41) is 6.42. The molecule has 0 aliphatic rings. The van der Waals surface area contributed by atoms with Crippen molar-refractivity contribution in [2.24, 2.45) is 0 Å². The Labute approximate surface area is 280 Å².